The molecular weight excluding hydrogens is 544 g/mol. The fraction of sp³-hybridized carbons (Fsp3) is 0.286. The first-order chi connectivity index (χ1) is 18.9. The Morgan fingerprint density at radius 2 is 1.98 bits per heavy atom. The van der Waals surface area contributed by atoms with Gasteiger partial charge in [0.15, 0.2) is 16.4 Å². The second kappa shape index (κ2) is 13.2. The van der Waals surface area contributed by atoms with Crippen LogP contribution in [-0.4, -0.2) is 26.1 Å². The van der Waals surface area contributed by atoms with Crippen molar-refractivity contribution in [1.29, 1.82) is 0 Å². The van der Waals surface area contributed by atoms with Crippen LogP contribution in [0, 0.1) is 20.8 Å². The molecule has 0 aromatic carbocycles. The molecular formula is C28H31F2N3O6S. The maximum atomic E-state index is 12.6. The number of carbonyl (C=O) groups excluding carboxylic acids is 1. The standard InChI is InChI=1S/C28H31F2N3O6S/c1-6-23(12-10-17(2)14-21-8-7-9-24(13-11-21)38-28(29)30)31-16-22-15-25(37-19(22)4)27(34)33-40(35,36)26-18(3)32-39-20(26)5/h6-7,9-13,15,28,31H,1,8,14,16H2,2-5H3,(H,33,34)/b17-10+,23-12+. The maximum Gasteiger partial charge on any atom is 0.387 e. The van der Waals surface area contributed by atoms with Gasteiger partial charge in [0.25, 0.3) is 10.0 Å². The van der Waals surface area contributed by atoms with Crippen molar-refractivity contribution in [3.05, 3.63) is 106 Å². The highest BCUT2D eigenvalue weighted by Crippen LogP contribution is 2.22. The highest BCUT2D eigenvalue weighted by molar-refractivity contribution is 7.90. The molecule has 12 heteroatoms. The molecule has 0 unspecified atom stereocenters. The van der Waals surface area contributed by atoms with Gasteiger partial charge in [-0.15, -0.1) is 0 Å². The number of furan rings is 1. The number of carbonyl (C=O) groups is 1. The van der Waals surface area contributed by atoms with Crippen molar-refractivity contribution >= 4 is 15.9 Å². The number of allylic oxidation sites excluding steroid dienone is 9. The number of amides is 1. The van der Waals surface area contributed by atoms with Crippen molar-refractivity contribution in [3.63, 3.8) is 0 Å². The Balaban J connectivity index is 1.62. The number of alkyl halides is 2. The van der Waals surface area contributed by atoms with Crippen LogP contribution in [0.15, 0.2) is 91.6 Å². The van der Waals surface area contributed by atoms with Crippen LogP contribution in [0.2, 0.25) is 0 Å². The van der Waals surface area contributed by atoms with Gasteiger partial charge in [0, 0.05) is 17.8 Å². The summed E-state index contributed by atoms with van der Waals surface area (Å²) in [5, 5.41) is 6.81. The highest BCUT2D eigenvalue weighted by atomic mass is 32.2. The van der Waals surface area contributed by atoms with E-state index in [9.17, 15) is 22.0 Å². The number of halogens is 2. The lowest BCUT2D eigenvalue weighted by atomic mass is 10.0. The molecule has 0 saturated carbocycles. The van der Waals surface area contributed by atoms with Crippen LogP contribution in [0.4, 0.5) is 8.78 Å². The Hall–Kier alpha value is -4.19. The summed E-state index contributed by atoms with van der Waals surface area (Å²) in [5.41, 5.74) is 3.56. The van der Waals surface area contributed by atoms with Gasteiger partial charge in [0.2, 0.25) is 0 Å². The Morgan fingerprint density at radius 1 is 1.23 bits per heavy atom. The lowest BCUT2D eigenvalue weighted by Crippen LogP contribution is -2.31. The van der Waals surface area contributed by atoms with E-state index < -0.39 is 22.5 Å². The number of aryl methyl sites for hydroxylation is 3. The summed E-state index contributed by atoms with van der Waals surface area (Å²) >= 11 is 0. The van der Waals surface area contributed by atoms with Crippen LogP contribution in [0.25, 0.3) is 0 Å². The van der Waals surface area contributed by atoms with Gasteiger partial charge in [-0.3, -0.25) is 4.79 Å². The summed E-state index contributed by atoms with van der Waals surface area (Å²) in [6, 6.07) is 1.47. The molecule has 2 aromatic rings. The van der Waals surface area contributed by atoms with Crippen LogP contribution in [-0.2, 0) is 21.3 Å². The van der Waals surface area contributed by atoms with Crippen molar-refractivity contribution in [3.8, 4) is 0 Å². The van der Waals surface area contributed by atoms with Gasteiger partial charge in [0.05, 0.1) is 0 Å². The number of rotatable bonds is 12. The molecule has 1 aliphatic carbocycles. The molecule has 0 spiro atoms. The summed E-state index contributed by atoms with van der Waals surface area (Å²) in [6.45, 7) is 7.76. The molecule has 0 radical (unpaired) electrons. The molecule has 40 heavy (non-hydrogen) atoms. The van der Waals surface area contributed by atoms with E-state index in [1.165, 1.54) is 32.1 Å². The van der Waals surface area contributed by atoms with Gasteiger partial charge in [-0.05, 0) is 70.9 Å². The second-order valence-electron chi connectivity index (χ2n) is 9.03. The first-order valence-electron chi connectivity index (χ1n) is 12.2. The zero-order chi connectivity index (χ0) is 29.4. The first kappa shape index (κ1) is 30.4. The number of ether oxygens (including phenoxy) is 1. The maximum absolute atomic E-state index is 12.6. The van der Waals surface area contributed by atoms with Crippen molar-refractivity contribution in [2.45, 2.75) is 58.6 Å². The second-order valence-corrected chi connectivity index (χ2v) is 10.6. The van der Waals surface area contributed by atoms with Crippen LogP contribution in [0.5, 0.6) is 0 Å². The van der Waals surface area contributed by atoms with Gasteiger partial charge in [0.1, 0.15) is 17.2 Å². The predicted octanol–water partition coefficient (Wildman–Crippen LogP) is 5.82. The third-order valence-corrected chi connectivity index (χ3v) is 7.41. The molecule has 9 nitrogen and oxygen atoms in total. The summed E-state index contributed by atoms with van der Waals surface area (Å²) in [6.07, 6.45) is 13.3. The number of nitrogens with zero attached hydrogens (tertiary/aromatic N) is 1. The van der Waals surface area contributed by atoms with Crippen molar-refractivity contribution < 1.29 is 35.7 Å². The number of aromatic nitrogens is 1. The number of hydrogen-bond donors (Lipinski definition) is 2. The Bertz CT molecular complexity index is 1500. The molecule has 2 aromatic heterocycles. The minimum atomic E-state index is -4.20. The van der Waals surface area contributed by atoms with Gasteiger partial charge < -0.3 is 19.0 Å². The molecule has 2 N–H and O–H groups in total. The topological polar surface area (TPSA) is 124 Å². The zero-order valence-electron chi connectivity index (χ0n) is 22.6. The van der Waals surface area contributed by atoms with Gasteiger partial charge >= 0.3 is 12.5 Å². The SMILES string of the molecule is C=C/C(=C\C=C(/C)CC1=CC=C(OC(F)F)C=CC1)NCc1cc(C(=O)NS(=O)(=O)c2c(C)noc2C)oc1C. The molecule has 0 aliphatic heterocycles. The van der Waals surface area contributed by atoms with Crippen LogP contribution >= 0.6 is 0 Å². The third-order valence-electron chi connectivity index (χ3n) is 5.83. The molecule has 0 fully saturated rings. The molecule has 0 atom stereocenters. The summed E-state index contributed by atoms with van der Waals surface area (Å²) in [7, 11) is -4.20. The fourth-order valence-electron chi connectivity index (χ4n) is 3.90. The minimum absolute atomic E-state index is 0.0691. The monoisotopic (exact) mass is 575 g/mol. The number of nitrogens with one attached hydrogen (secondary N) is 2. The average molecular weight is 576 g/mol. The average Bonchev–Trinajstić information content (AvgIpc) is 3.34. The lowest BCUT2D eigenvalue weighted by Gasteiger charge is -2.07. The quantitative estimate of drug-likeness (QED) is 0.304. The van der Waals surface area contributed by atoms with E-state index in [0.717, 1.165) is 11.1 Å². The van der Waals surface area contributed by atoms with Crippen LogP contribution < -0.4 is 10.0 Å². The van der Waals surface area contributed by atoms with Crippen molar-refractivity contribution in [2.75, 3.05) is 0 Å². The molecule has 0 saturated heterocycles. The first-order valence-corrected chi connectivity index (χ1v) is 13.7. The van der Waals surface area contributed by atoms with Gasteiger partial charge in [-0.25, -0.2) is 13.1 Å². The number of sulfonamides is 1. The smallest absolute Gasteiger partial charge is 0.387 e. The normalized spacial score (nSPS) is 14.5. The van der Waals surface area contributed by atoms with Gasteiger partial charge in [-0.1, -0.05) is 41.1 Å². The Labute approximate surface area is 231 Å². The Morgan fingerprint density at radius 3 is 2.62 bits per heavy atom. The molecule has 0 bridgehead atoms. The van der Waals surface area contributed by atoms with E-state index in [4.69, 9.17) is 8.94 Å². The third kappa shape index (κ3) is 8.15. The largest absolute Gasteiger partial charge is 0.456 e. The zero-order valence-corrected chi connectivity index (χ0v) is 23.4. The molecule has 214 valence electrons. The van der Waals surface area contributed by atoms with E-state index in [2.05, 4.69) is 21.8 Å². The molecule has 1 aliphatic rings. The van der Waals surface area contributed by atoms with Crippen molar-refractivity contribution in [2.24, 2.45) is 0 Å². The van der Waals surface area contributed by atoms with Crippen LogP contribution in [0.3, 0.4) is 0 Å². The highest BCUT2D eigenvalue weighted by Gasteiger charge is 2.28. The Kier molecular flexibility index (Phi) is 10.1. The summed E-state index contributed by atoms with van der Waals surface area (Å²) in [5.74, 6) is -0.454. The van der Waals surface area contributed by atoms with E-state index in [1.54, 1.807) is 25.2 Å². The number of hydrogen-bond acceptors (Lipinski definition) is 8. The predicted molar refractivity (Wildman–Crippen MR) is 145 cm³/mol. The molecule has 1 amide bonds. The van der Waals surface area contributed by atoms with E-state index >= 15 is 0 Å². The van der Waals surface area contributed by atoms with Crippen molar-refractivity contribution in [1.82, 2.24) is 15.2 Å². The van der Waals surface area contributed by atoms with Crippen LogP contribution in [0.1, 0.15) is 53.1 Å². The van der Waals surface area contributed by atoms with Gasteiger partial charge in [-0.2, -0.15) is 8.78 Å². The lowest BCUT2D eigenvalue weighted by molar-refractivity contribution is -0.0919. The minimum Gasteiger partial charge on any atom is -0.456 e. The molecule has 2 heterocycles. The molecule has 3 rings (SSSR count). The fourth-order valence-corrected chi connectivity index (χ4v) is 5.19. The van der Waals surface area contributed by atoms with E-state index in [1.807, 2.05) is 23.8 Å². The van der Waals surface area contributed by atoms with E-state index in [-0.39, 0.29) is 34.4 Å². The summed E-state index contributed by atoms with van der Waals surface area (Å²) < 4.78 is 67.0. The van der Waals surface area contributed by atoms with E-state index in [0.29, 0.717) is 29.9 Å². The summed E-state index contributed by atoms with van der Waals surface area (Å²) in [4.78, 5) is 12.4.